The minimum atomic E-state index is 0.487. The fourth-order valence-corrected chi connectivity index (χ4v) is 6.41. The SMILES string of the molecule is c1ccc(-c2nc3ccc(-c4nc(-c5cccc(-c6cncnc6)c5)nc(-c5ccc6nc(-c7cccc8ccccc78)oc6c5)n4)cc3o2)cc1. The Morgan fingerprint density at radius 3 is 1.67 bits per heavy atom. The summed E-state index contributed by atoms with van der Waals surface area (Å²) in [7, 11) is 0. The Morgan fingerprint density at radius 1 is 0.385 bits per heavy atom. The Bertz CT molecular complexity index is 2920. The molecule has 4 aromatic heterocycles. The standard InChI is InChI=1S/C43H25N7O2/c1-2-9-27(10-3-1)42-46-35-18-16-30(21-37(35)51-42)40-48-39(29-13-6-12-28(20-29)32-23-44-25-45-24-32)49-41(50-40)31-17-19-36-38(22-31)52-43(47-36)34-15-7-11-26-8-4-5-14-33(26)34/h1-25H. The third-order valence-corrected chi connectivity index (χ3v) is 8.98. The molecule has 9 nitrogen and oxygen atoms in total. The molecule has 6 aromatic carbocycles. The molecule has 0 fully saturated rings. The van der Waals surface area contributed by atoms with Crippen molar-refractivity contribution in [3.05, 3.63) is 152 Å². The van der Waals surface area contributed by atoms with Crippen molar-refractivity contribution in [2.75, 3.05) is 0 Å². The summed E-state index contributed by atoms with van der Waals surface area (Å²) in [6.07, 6.45) is 5.08. The first-order valence-electron chi connectivity index (χ1n) is 16.7. The number of benzene rings is 6. The van der Waals surface area contributed by atoms with Gasteiger partial charge in [0.25, 0.3) is 0 Å². The van der Waals surface area contributed by atoms with Crippen LogP contribution < -0.4 is 0 Å². The fourth-order valence-electron chi connectivity index (χ4n) is 6.41. The zero-order valence-corrected chi connectivity index (χ0v) is 27.4. The van der Waals surface area contributed by atoms with E-state index in [0.717, 1.165) is 60.8 Å². The van der Waals surface area contributed by atoms with E-state index in [-0.39, 0.29) is 0 Å². The van der Waals surface area contributed by atoms with Gasteiger partial charge in [0.15, 0.2) is 28.6 Å². The molecule has 244 valence electrons. The van der Waals surface area contributed by atoms with Gasteiger partial charge in [0.2, 0.25) is 11.8 Å². The summed E-state index contributed by atoms with van der Waals surface area (Å²) in [4.78, 5) is 32.9. The summed E-state index contributed by atoms with van der Waals surface area (Å²) in [5.74, 6) is 2.59. The minimum absolute atomic E-state index is 0.487. The largest absolute Gasteiger partial charge is 0.436 e. The molecule has 0 spiro atoms. The maximum atomic E-state index is 6.39. The van der Waals surface area contributed by atoms with Crippen LogP contribution in [0.1, 0.15) is 0 Å². The lowest BCUT2D eigenvalue weighted by Crippen LogP contribution is -2.00. The summed E-state index contributed by atoms with van der Waals surface area (Å²) in [5.41, 5.74) is 8.76. The van der Waals surface area contributed by atoms with Crippen LogP contribution in [-0.4, -0.2) is 34.9 Å². The molecule has 0 saturated heterocycles. The van der Waals surface area contributed by atoms with Crippen molar-refractivity contribution < 1.29 is 8.83 Å². The molecule has 0 bridgehead atoms. The Kier molecular flexibility index (Phi) is 6.92. The van der Waals surface area contributed by atoms with Gasteiger partial charge < -0.3 is 8.83 Å². The lowest BCUT2D eigenvalue weighted by Gasteiger charge is -2.09. The highest BCUT2D eigenvalue weighted by atomic mass is 16.4. The zero-order valence-electron chi connectivity index (χ0n) is 27.4. The Morgan fingerprint density at radius 2 is 0.942 bits per heavy atom. The van der Waals surface area contributed by atoms with Crippen molar-refractivity contribution in [1.29, 1.82) is 0 Å². The second-order valence-electron chi connectivity index (χ2n) is 12.3. The smallest absolute Gasteiger partial charge is 0.227 e. The average Bonchev–Trinajstić information content (AvgIpc) is 3.85. The molecule has 9 heteroatoms. The third-order valence-electron chi connectivity index (χ3n) is 8.98. The maximum absolute atomic E-state index is 6.39. The van der Waals surface area contributed by atoms with E-state index in [1.165, 1.54) is 6.33 Å². The Hall–Kier alpha value is -7.39. The summed E-state index contributed by atoms with van der Waals surface area (Å²) < 4.78 is 12.6. The quantitative estimate of drug-likeness (QED) is 0.170. The van der Waals surface area contributed by atoms with Crippen LogP contribution in [0.25, 0.3) is 101 Å². The predicted molar refractivity (Wildman–Crippen MR) is 201 cm³/mol. The first kappa shape index (κ1) is 29.5. The molecule has 0 aliphatic heterocycles. The Labute approximate surface area is 296 Å². The van der Waals surface area contributed by atoms with E-state index < -0.39 is 0 Å². The summed E-state index contributed by atoms with van der Waals surface area (Å²) >= 11 is 0. The van der Waals surface area contributed by atoms with Gasteiger partial charge in [-0.15, -0.1) is 0 Å². The molecular formula is C43H25N7O2. The number of fused-ring (bicyclic) bond motifs is 3. The van der Waals surface area contributed by atoms with Crippen molar-refractivity contribution in [2.45, 2.75) is 0 Å². The van der Waals surface area contributed by atoms with Crippen molar-refractivity contribution in [3.8, 4) is 68.2 Å². The van der Waals surface area contributed by atoms with Gasteiger partial charge in [-0.2, -0.15) is 0 Å². The monoisotopic (exact) mass is 671 g/mol. The van der Waals surface area contributed by atoms with Crippen LogP contribution in [0.15, 0.2) is 161 Å². The molecule has 0 unspecified atom stereocenters. The van der Waals surface area contributed by atoms with Gasteiger partial charge >= 0.3 is 0 Å². The second kappa shape index (κ2) is 12.2. The van der Waals surface area contributed by atoms with E-state index in [9.17, 15) is 0 Å². The summed E-state index contributed by atoms with van der Waals surface area (Å²) in [6, 6.07) is 43.8. The summed E-state index contributed by atoms with van der Waals surface area (Å²) in [6.45, 7) is 0. The van der Waals surface area contributed by atoms with Crippen LogP contribution in [0, 0.1) is 0 Å². The molecule has 10 aromatic rings. The molecule has 0 N–H and O–H groups in total. The first-order valence-corrected chi connectivity index (χ1v) is 16.7. The third kappa shape index (κ3) is 5.33. The molecule has 0 aliphatic rings. The lowest BCUT2D eigenvalue weighted by molar-refractivity contribution is 0.620. The van der Waals surface area contributed by atoms with E-state index in [1.54, 1.807) is 12.4 Å². The Balaban J connectivity index is 1.11. The second-order valence-corrected chi connectivity index (χ2v) is 12.3. The van der Waals surface area contributed by atoms with Crippen LogP contribution in [0.2, 0.25) is 0 Å². The molecule has 0 aliphatic carbocycles. The minimum Gasteiger partial charge on any atom is -0.436 e. The molecule has 0 amide bonds. The molecule has 0 saturated carbocycles. The predicted octanol–water partition coefficient (Wildman–Crippen LogP) is 10.1. The number of hydrogen-bond acceptors (Lipinski definition) is 9. The molecule has 0 atom stereocenters. The van der Waals surface area contributed by atoms with E-state index in [1.807, 2.05) is 115 Å². The zero-order chi connectivity index (χ0) is 34.4. The van der Waals surface area contributed by atoms with Crippen LogP contribution in [0.5, 0.6) is 0 Å². The van der Waals surface area contributed by atoms with Crippen LogP contribution in [0.3, 0.4) is 0 Å². The number of hydrogen-bond donors (Lipinski definition) is 0. The van der Waals surface area contributed by atoms with Crippen LogP contribution >= 0.6 is 0 Å². The van der Waals surface area contributed by atoms with Gasteiger partial charge in [-0.05, 0) is 77.0 Å². The van der Waals surface area contributed by atoms with Crippen molar-refractivity contribution >= 4 is 33.0 Å². The normalized spacial score (nSPS) is 11.5. The van der Waals surface area contributed by atoms with E-state index in [4.69, 9.17) is 33.8 Å². The van der Waals surface area contributed by atoms with Gasteiger partial charge in [0, 0.05) is 45.8 Å². The van der Waals surface area contributed by atoms with Gasteiger partial charge in [-0.1, -0.05) is 72.8 Å². The fraction of sp³-hybridized carbons (Fsp3) is 0. The highest BCUT2D eigenvalue weighted by Gasteiger charge is 2.18. The van der Waals surface area contributed by atoms with Gasteiger partial charge in [-0.3, -0.25) is 0 Å². The molecular weight excluding hydrogens is 647 g/mol. The van der Waals surface area contributed by atoms with E-state index in [0.29, 0.717) is 40.4 Å². The van der Waals surface area contributed by atoms with Crippen molar-refractivity contribution in [3.63, 3.8) is 0 Å². The summed E-state index contributed by atoms with van der Waals surface area (Å²) in [5, 5.41) is 2.20. The number of rotatable bonds is 6. The topological polar surface area (TPSA) is 117 Å². The van der Waals surface area contributed by atoms with Crippen LogP contribution in [0.4, 0.5) is 0 Å². The van der Waals surface area contributed by atoms with Gasteiger partial charge in [0.05, 0.1) is 0 Å². The highest BCUT2D eigenvalue weighted by Crippen LogP contribution is 2.34. The molecule has 52 heavy (non-hydrogen) atoms. The van der Waals surface area contributed by atoms with Crippen molar-refractivity contribution in [1.82, 2.24) is 34.9 Å². The number of nitrogens with zero attached hydrogens (tertiary/aromatic N) is 7. The molecule has 10 rings (SSSR count). The lowest BCUT2D eigenvalue weighted by atomic mass is 10.0. The number of oxazole rings is 2. The molecule has 0 radical (unpaired) electrons. The van der Waals surface area contributed by atoms with E-state index >= 15 is 0 Å². The molecule has 4 heterocycles. The maximum Gasteiger partial charge on any atom is 0.227 e. The number of aromatic nitrogens is 7. The van der Waals surface area contributed by atoms with Gasteiger partial charge in [-0.25, -0.2) is 34.9 Å². The van der Waals surface area contributed by atoms with E-state index in [2.05, 4.69) is 28.2 Å². The van der Waals surface area contributed by atoms with Gasteiger partial charge in [0.1, 0.15) is 17.4 Å². The average molecular weight is 672 g/mol. The first-order chi connectivity index (χ1) is 25.7. The highest BCUT2D eigenvalue weighted by molar-refractivity contribution is 5.96. The van der Waals surface area contributed by atoms with Crippen molar-refractivity contribution in [2.24, 2.45) is 0 Å². The van der Waals surface area contributed by atoms with Crippen LogP contribution in [-0.2, 0) is 0 Å².